The van der Waals surface area contributed by atoms with E-state index >= 15 is 0 Å². The van der Waals surface area contributed by atoms with E-state index in [1.807, 2.05) is 0 Å². The third kappa shape index (κ3) is 2.36. The summed E-state index contributed by atoms with van der Waals surface area (Å²) in [7, 11) is 0. The lowest BCUT2D eigenvalue weighted by Gasteiger charge is -2.23. The Morgan fingerprint density at radius 2 is 2.19 bits per heavy atom. The zero-order valence-corrected chi connectivity index (χ0v) is 13.7. The predicted molar refractivity (Wildman–Crippen MR) is 82.5 cm³/mol. The van der Waals surface area contributed by atoms with Crippen LogP contribution in [0.4, 0.5) is 0 Å². The van der Waals surface area contributed by atoms with Gasteiger partial charge in [-0.1, -0.05) is 18.0 Å². The van der Waals surface area contributed by atoms with E-state index in [0.717, 1.165) is 12.8 Å². The van der Waals surface area contributed by atoms with Crippen LogP contribution >= 0.6 is 27.5 Å². The molecule has 2 atom stereocenters. The van der Waals surface area contributed by atoms with Crippen molar-refractivity contribution in [3.8, 4) is 0 Å². The molecule has 1 aromatic carbocycles. The van der Waals surface area contributed by atoms with Crippen LogP contribution in [0.15, 0.2) is 22.7 Å². The SMILES string of the molecule is O=C(c1ccc(Cl)cc1Br)N1C[C@@H]2CCC[C@@]2(C(=O)O)C1. The first kappa shape index (κ1) is 14.9. The molecule has 1 aliphatic carbocycles. The summed E-state index contributed by atoms with van der Waals surface area (Å²) < 4.78 is 0.640. The van der Waals surface area contributed by atoms with Gasteiger partial charge in [-0.3, -0.25) is 9.59 Å². The maximum absolute atomic E-state index is 12.6. The summed E-state index contributed by atoms with van der Waals surface area (Å²) in [4.78, 5) is 26.0. The average molecular weight is 373 g/mol. The van der Waals surface area contributed by atoms with Crippen molar-refractivity contribution in [3.63, 3.8) is 0 Å². The smallest absolute Gasteiger partial charge is 0.311 e. The Bertz CT molecular complexity index is 621. The molecule has 1 heterocycles. The van der Waals surface area contributed by atoms with Crippen molar-refractivity contribution in [2.24, 2.45) is 11.3 Å². The van der Waals surface area contributed by atoms with Crippen molar-refractivity contribution in [1.29, 1.82) is 0 Å². The van der Waals surface area contributed by atoms with Crippen LogP contribution in [-0.2, 0) is 4.79 Å². The molecule has 0 radical (unpaired) electrons. The number of fused-ring (bicyclic) bond motifs is 1. The third-order valence-corrected chi connectivity index (χ3v) is 5.64. The highest BCUT2D eigenvalue weighted by atomic mass is 79.9. The predicted octanol–water partition coefficient (Wildman–Crippen LogP) is 3.43. The maximum Gasteiger partial charge on any atom is 0.311 e. The van der Waals surface area contributed by atoms with Crippen LogP contribution in [0.25, 0.3) is 0 Å². The summed E-state index contributed by atoms with van der Waals surface area (Å²) in [6.07, 6.45) is 2.49. The van der Waals surface area contributed by atoms with Gasteiger partial charge in [0.1, 0.15) is 0 Å². The molecule has 112 valence electrons. The molecule has 0 spiro atoms. The van der Waals surface area contributed by atoms with Crippen molar-refractivity contribution in [2.45, 2.75) is 19.3 Å². The van der Waals surface area contributed by atoms with Gasteiger partial charge in [-0.15, -0.1) is 0 Å². The van der Waals surface area contributed by atoms with Gasteiger partial charge in [-0.05, 0) is 52.9 Å². The van der Waals surface area contributed by atoms with Crippen molar-refractivity contribution in [2.75, 3.05) is 13.1 Å². The molecule has 21 heavy (non-hydrogen) atoms. The van der Waals surface area contributed by atoms with E-state index in [1.165, 1.54) is 0 Å². The van der Waals surface area contributed by atoms with E-state index in [1.54, 1.807) is 23.1 Å². The van der Waals surface area contributed by atoms with Gasteiger partial charge in [0, 0.05) is 22.6 Å². The highest BCUT2D eigenvalue weighted by Crippen LogP contribution is 2.49. The van der Waals surface area contributed by atoms with Crippen molar-refractivity contribution in [1.82, 2.24) is 4.90 Å². The van der Waals surface area contributed by atoms with Crippen LogP contribution in [0.5, 0.6) is 0 Å². The highest BCUT2D eigenvalue weighted by molar-refractivity contribution is 9.10. The highest BCUT2D eigenvalue weighted by Gasteiger charge is 2.55. The zero-order valence-electron chi connectivity index (χ0n) is 11.3. The van der Waals surface area contributed by atoms with E-state index in [0.29, 0.717) is 34.6 Å². The minimum Gasteiger partial charge on any atom is -0.481 e. The number of rotatable bonds is 2. The second kappa shape index (κ2) is 5.29. The minimum atomic E-state index is -0.768. The van der Waals surface area contributed by atoms with Crippen molar-refractivity contribution < 1.29 is 14.7 Å². The molecule has 4 nitrogen and oxygen atoms in total. The number of likely N-dealkylation sites (tertiary alicyclic amines) is 1. The molecule has 2 aliphatic rings. The van der Waals surface area contributed by atoms with Gasteiger partial charge < -0.3 is 10.0 Å². The normalized spacial score (nSPS) is 27.7. The number of halogens is 2. The van der Waals surface area contributed by atoms with Gasteiger partial charge in [0.05, 0.1) is 11.0 Å². The molecule has 0 aromatic heterocycles. The monoisotopic (exact) mass is 371 g/mol. The molecule has 6 heteroatoms. The first-order valence-corrected chi connectivity index (χ1v) is 8.09. The third-order valence-electron chi connectivity index (χ3n) is 4.75. The molecule has 1 aliphatic heterocycles. The molecule has 3 rings (SSSR count). The quantitative estimate of drug-likeness (QED) is 0.865. The fourth-order valence-corrected chi connectivity index (χ4v) is 4.48. The first-order valence-electron chi connectivity index (χ1n) is 6.92. The second-order valence-electron chi connectivity index (χ2n) is 5.86. The fraction of sp³-hybridized carbons (Fsp3) is 0.467. The Balaban J connectivity index is 1.86. The van der Waals surface area contributed by atoms with Crippen LogP contribution in [-0.4, -0.2) is 35.0 Å². The molecule has 1 saturated carbocycles. The molecule has 2 fully saturated rings. The van der Waals surface area contributed by atoms with Gasteiger partial charge in [-0.2, -0.15) is 0 Å². The second-order valence-corrected chi connectivity index (χ2v) is 7.15. The summed E-state index contributed by atoms with van der Waals surface area (Å²) in [5.41, 5.74) is -0.214. The Labute approximate surface area is 136 Å². The lowest BCUT2D eigenvalue weighted by Crippen LogP contribution is -2.37. The Morgan fingerprint density at radius 1 is 1.43 bits per heavy atom. The average Bonchev–Trinajstić information content (AvgIpc) is 2.95. The number of hydrogen-bond donors (Lipinski definition) is 1. The number of hydrogen-bond acceptors (Lipinski definition) is 2. The summed E-state index contributed by atoms with van der Waals surface area (Å²) >= 11 is 9.24. The largest absolute Gasteiger partial charge is 0.481 e. The van der Waals surface area contributed by atoms with Crippen molar-refractivity contribution >= 4 is 39.4 Å². The number of carbonyl (C=O) groups excluding carboxylic acids is 1. The lowest BCUT2D eigenvalue weighted by atomic mass is 9.81. The van der Waals surface area contributed by atoms with E-state index in [4.69, 9.17) is 11.6 Å². The van der Waals surface area contributed by atoms with Gasteiger partial charge >= 0.3 is 5.97 Å². The topological polar surface area (TPSA) is 57.6 Å². The van der Waals surface area contributed by atoms with Crippen LogP contribution in [0.2, 0.25) is 5.02 Å². The summed E-state index contributed by atoms with van der Waals surface area (Å²) in [5.74, 6) is -0.825. The molecule has 1 aromatic rings. The van der Waals surface area contributed by atoms with Crippen LogP contribution in [0, 0.1) is 11.3 Å². The number of carboxylic acids is 1. The molecule has 0 bridgehead atoms. The first-order chi connectivity index (χ1) is 9.94. The number of nitrogens with zero attached hydrogens (tertiary/aromatic N) is 1. The van der Waals surface area contributed by atoms with Crippen LogP contribution in [0.1, 0.15) is 29.6 Å². The Hall–Kier alpha value is -1.07. The number of carboxylic acid groups (broad SMARTS) is 1. The molecule has 1 N–H and O–H groups in total. The van der Waals surface area contributed by atoms with Gasteiger partial charge in [0.25, 0.3) is 5.91 Å². The Kier molecular flexibility index (Phi) is 3.74. The van der Waals surface area contributed by atoms with Gasteiger partial charge in [-0.25, -0.2) is 0 Å². The number of benzene rings is 1. The minimum absolute atomic E-state index is 0.0741. The van der Waals surface area contributed by atoms with E-state index < -0.39 is 11.4 Å². The number of amides is 1. The number of carbonyl (C=O) groups is 2. The molecule has 0 unspecified atom stereocenters. The summed E-state index contributed by atoms with van der Waals surface area (Å²) in [5, 5.41) is 10.1. The number of aliphatic carboxylic acids is 1. The molecular weight excluding hydrogens is 358 g/mol. The van der Waals surface area contributed by atoms with E-state index in [9.17, 15) is 14.7 Å². The van der Waals surface area contributed by atoms with Gasteiger partial charge in [0.2, 0.25) is 0 Å². The molecule has 1 amide bonds. The van der Waals surface area contributed by atoms with E-state index in [-0.39, 0.29) is 11.8 Å². The lowest BCUT2D eigenvalue weighted by molar-refractivity contribution is -0.149. The zero-order chi connectivity index (χ0) is 15.2. The Morgan fingerprint density at radius 3 is 2.81 bits per heavy atom. The maximum atomic E-state index is 12.6. The molecule has 1 saturated heterocycles. The van der Waals surface area contributed by atoms with Crippen LogP contribution in [0.3, 0.4) is 0 Å². The van der Waals surface area contributed by atoms with Crippen LogP contribution < -0.4 is 0 Å². The summed E-state index contributed by atoms with van der Waals surface area (Å²) in [6.45, 7) is 0.834. The molecular formula is C15H15BrClNO3. The fourth-order valence-electron chi connectivity index (χ4n) is 3.63. The standard InChI is InChI=1S/C15H15BrClNO3/c16-12-6-10(17)3-4-11(12)13(19)18-7-9-2-1-5-15(9,8-18)14(20)21/h3-4,6,9H,1-2,5,7-8H2,(H,20,21)/t9-,15+/m0/s1. The summed E-state index contributed by atoms with van der Waals surface area (Å²) in [6, 6.07) is 5.03. The van der Waals surface area contributed by atoms with E-state index in [2.05, 4.69) is 15.9 Å². The van der Waals surface area contributed by atoms with Crippen molar-refractivity contribution in [3.05, 3.63) is 33.3 Å². The van der Waals surface area contributed by atoms with Gasteiger partial charge in [0.15, 0.2) is 0 Å².